The third-order valence-corrected chi connectivity index (χ3v) is 110. The molecule has 0 aromatic heterocycles. The van der Waals surface area contributed by atoms with E-state index in [0.29, 0.717) is 0 Å². The second-order valence-corrected chi connectivity index (χ2v) is 73.0. The van der Waals surface area contributed by atoms with Crippen LogP contribution in [0.5, 0.6) is 0 Å². The molecule has 110 valence electrons. The monoisotopic (exact) mass is 578 g/mol. The predicted molar refractivity (Wildman–Crippen MR) is 152 cm³/mol. The van der Waals surface area contributed by atoms with Crippen LogP contribution in [0.25, 0.3) is 0 Å². The van der Waals surface area contributed by atoms with E-state index < -0.39 is 0 Å². The standard InChI is InChI=1S/H20P18/c1-11(2)16(12(3)4)18(15(9)10)17(13(5)6)14(7)8/h1-10H2. The van der Waals surface area contributed by atoms with Crippen molar-refractivity contribution in [2.45, 2.75) is 0 Å². The lowest BCUT2D eigenvalue weighted by atomic mass is 28.6. The Morgan fingerprint density at radius 1 is 0.278 bits per heavy atom. The Morgan fingerprint density at radius 2 is 0.444 bits per heavy atom. The van der Waals surface area contributed by atoms with E-state index in [-0.39, 0.29) is 55.9 Å². The van der Waals surface area contributed by atoms with Crippen molar-refractivity contribution in [3.63, 3.8) is 0 Å². The van der Waals surface area contributed by atoms with Gasteiger partial charge in [0.2, 0.25) is 0 Å². The summed E-state index contributed by atoms with van der Waals surface area (Å²) < 4.78 is 0. The lowest BCUT2D eigenvalue weighted by Crippen LogP contribution is -1.54. The van der Waals surface area contributed by atoms with Gasteiger partial charge in [-0.05, 0) is 55.9 Å². The normalized spacial score (nSPS) is 13.7. The Balaban J connectivity index is 5.37. The fourth-order valence-electron chi connectivity index (χ4n) is 0.864. The Hall–Kier alpha value is 7.74. The highest BCUT2D eigenvalue weighted by Gasteiger charge is 2.39. The molecule has 0 amide bonds. The molecule has 0 aromatic carbocycles. The fraction of sp³-hybridized carbons (Fsp3) is 0. The first-order chi connectivity index (χ1) is 8.11. The molecule has 0 radical (unpaired) electrons. The van der Waals surface area contributed by atoms with Gasteiger partial charge >= 0.3 is 0 Å². The van der Waals surface area contributed by atoms with Gasteiger partial charge in [0.05, 0.1) is 0 Å². The van der Waals surface area contributed by atoms with E-state index in [1.54, 1.807) is 0 Å². The topological polar surface area (TPSA) is 0 Å². The van der Waals surface area contributed by atoms with Crippen molar-refractivity contribution in [2.75, 3.05) is 0 Å². The molecule has 0 saturated heterocycles. The average molecular weight is 578 g/mol. The van der Waals surface area contributed by atoms with Gasteiger partial charge in [-0.25, -0.2) is 0 Å². The van der Waals surface area contributed by atoms with Gasteiger partial charge in [-0.15, -0.1) is 89.3 Å². The van der Waals surface area contributed by atoms with Crippen LogP contribution in [0.2, 0.25) is 0 Å². The van der Waals surface area contributed by atoms with Gasteiger partial charge in [-0.2, -0.15) is 0 Å². The molecular formula is H20P18. The molecule has 0 saturated carbocycles. The van der Waals surface area contributed by atoms with E-state index in [4.69, 9.17) is 0 Å². The van der Waals surface area contributed by atoms with Crippen LogP contribution in [-0.2, 0) is 0 Å². The van der Waals surface area contributed by atoms with Crippen molar-refractivity contribution in [2.24, 2.45) is 0 Å². The first kappa shape index (κ1) is 25.7. The van der Waals surface area contributed by atoms with E-state index in [1.165, 1.54) is 0 Å². The number of hydrogen-bond donors (Lipinski definition) is 0. The summed E-state index contributed by atoms with van der Waals surface area (Å²) >= 11 is 0. The summed E-state index contributed by atoms with van der Waals surface area (Å²) in [6.07, 6.45) is 0. The molecule has 0 aliphatic carbocycles. The molecule has 0 N–H and O–H groups in total. The van der Waals surface area contributed by atoms with E-state index in [2.05, 4.69) is 89.3 Å². The molecule has 0 heterocycles. The van der Waals surface area contributed by atoms with E-state index >= 15 is 0 Å². The molecule has 0 spiro atoms. The van der Waals surface area contributed by atoms with Gasteiger partial charge in [0, 0.05) is 0 Å². The third-order valence-electron chi connectivity index (χ3n) is 1.35. The molecule has 10 unspecified atom stereocenters. The van der Waals surface area contributed by atoms with Crippen LogP contribution in [0.3, 0.4) is 0 Å². The summed E-state index contributed by atoms with van der Waals surface area (Å²) in [6.45, 7) is 0.703. The second kappa shape index (κ2) is 13.8. The molecule has 0 aromatic rings. The zero-order valence-electron chi connectivity index (χ0n) is 9.35. The SMILES string of the molecule is PP(P)P(P(P)P)P(P(P)P)P(P(P)P)P(P)P. The minimum Gasteiger partial charge on any atom is -0.102 e. The van der Waals surface area contributed by atoms with Crippen LogP contribution >= 0.6 is 145 Å². The highest BCUT2D eigenvalue weighted by atomic mass is 33.4. The molecule has 0 aliphatic rings. The lowest BCUT2D eigenvalue weighted by Gasteiger charge is -2.43. The van der Waals surface area contributed by atoms with Gasteiger partial charge in [-0.3, -0.25) is 0 Å². The van der Waals surface area contributed by atoms with Crippen LogP contribution in [0.15, 0.2) is 0 Å². The first-order valence-corrected chi connectivity index (χ1v) is 35.8. The van der Waals surface area contributed by atoms with Crippen LogP contribution in [0, 0.1) is 0 Å². The largest absolute Gasteiger partial charge is 0.102 e. The Labute approximate surface area is 144 Å². The van der Waals surface area contributed by atoms with Crippen LogP contribution < -0.4 is 0 Å². The summed E-state index contributed by atoms with van der Waals surface area (Å²) in [5.74, 6) is 0. The molecule has 10 atom stereocenters. The minimum atomic E-state index is 0.0415. The number of hydrogen-bond acceptors (Lipinski definition) is 0. The van der Waals surface area contributed by atoms with E-state index in [9.17, 15) is 0 Å². The maximum atomic E-state index is 3.15. The van der Waals surface area contributed by atoms with Gasteiger partial charge in [0.15, 0.2) is 0 Å². The highest BCUT2D eigenvalue weighted by Crippen LogP contribution is 3.28. The summed E-state index contributed by atoms with van der Waals surface area (Å²) in [4.78, 5) is 0. The van der Waals surface area contributed by atoms with Gasteiger partial charge in [-0.1, -0.05) is 0 Å². The van der Waals surface area contributed by atoms with E-state index in [0.717, 1.165) is 0 Å². The van der Waals surface area contributed by atoms with Crippen molar-refractivity contribution in [3.05, 3.63) is 0 Å². The summed E-state index contributed by atoms with van der Waals surface area (Å²) in [7, 11) is 31.2. The Bertz CT molecular complexity index is 174. The first-order valence-electron chi connectivity index (χ1n) is 3.98. The van der Waals surface area contributed by atoms with E-state index in [1.807, 2.05) is 0 Å². The zero-order chi connectivity index (χ0) is 14.6. The van der Waals surface area contributed by atoms with Crippen molar-refractivity contribution in [1.82, 2.24) is 0 Å². The van der Waals surface area contributed by atoms with Crippen molar-refractivity contribution in [1.29, 1.82) is 0 Å². The van der Waals surface area contributed by atoms with Gasteiger partial charge in [0.1, 0.15) is 0 Å². The summed E-state index contributed by atoms with van der Waals surface area (Å²) in [6, 6.07) is 0. The average Bonchev–Trinajstić information content (AvgIpc) is 2.13. The second-order valence-electron chi connectivity index (χ2n) is 2.71. The molecule has 0 fully saturated rings. The minimum absolute atomic E-state index is 0.0415. The van der Waals surface area contributed by atoms with Crippen molar-refractivity contribution >= 4 is 145 Å². The Morgan fingerprint density at radius 3 is 0.556 bits per heavy atom. The lowest BCUT2D eigenvalue weighted by molar-refractivity contribution is 4.52. The van der Waals surface area contributed by atoms with Crippen LogP contribution in [0.1, 0.15) is 0 Å². The fourth-order valence-corrected chi connectivity index (χ4v) is 210. The molecule has 18 heteroatoms. The molecule has 0 aliphatic heterocycles. The molecule has 0 bridgehead atoms. The van der Waals surface area contributed by atoms with Crippen molar-refractivity contribution < 1.29 is 0 Å². The number of rotatable bonds is 7. The van der Waals surface area contributed by atoms with Gasteiger partial charge < -0.3 is 0 Å². The summed E-state index contributed by atoms with van der Waals surface area (Å²) in [5.41, 5.74) is 0. The molecule has 0 nitrogen and oxygen atoms in total. The van der Waals surface area contributed by atoms with Crippen molar-refractivity contribution in [3.8, 4) is 0 Å². The summed E-state index contributed by atoms with van der Waals surface area (Å²) in [5, 5.41) is 0. The Kier molecular flexibility index (Phi) is 19.8. The predicted octanol–water partition coefficient (Wildman–Crippen LogP) is 10.1. The van der Waals surface area contributed by atoms with Crippen LogP contribution in [-0.4, -0.2) is 0 Å². The molecule has 0 rings (SSSR count). The van der Waals surface area contributed by atoms with Gasteiger partial charge in [0.25, 0.3) is 0 Å². The zero-order valence-corrected chi connectivity index (χ0v) is 28.1. The maximum Gasteiger partial charge on any atom is -0.00283 e. The quantitative estimate of drug-likeness (QED) is 0.264. The smallest absolute Gasteiger partial charge is 0.00283 e. The molecule has 18 heavy (non-hydrogen) atoms. The van der Waals surface area contributed by atoms with Crippen LogP contribution in [0.4, 0.5) is 0 Å². The highest BCUT2D eigenvalue weighted by molar-refractivity contribution is 9.33. The molecular weight excluding hydrogens is 558 g/mol. The third kappa shape index (κ3) is 9.61. The maximum absolute atomic E-state index is 3.15.